The molecule has 3 nitrogen and oxygen atoms in total. The summed E-state index contributed by atoms with van der Waals surface area (Å²) in [6.07, 6.45) is 1.33. The standard InChI is InChI=1S/C14H23NO2/c1-4-15-10-9-12(2)17-11-13-5-7-14(16-3)8-6-13/h5-8,12,15H,4,9-11H2,1-3H3. The van der Waals surface area contributed by atoms with Gasteiger partial charge in [-0.2, -0.15) is 0 Å². The van der Waals surface area contributed by atoms with Crippen LogP contribution in [0.25, 0.3) is 0 Å². The molecule has 96 valence electrons. The molecule has 0 heterocycles. The Morgan fingerprint density at radius 2 is 1.94 bits per heavy atom. The molecule has 0 aliphatic heterocycles. The van der Waals surface area contributed by atoms with Crippen molar-refractivity contribution in [3.63, 3.8) is 0 Å². The van der Waals surface area contributed by atoms with Crippen molar-refractivity contribution in [1.82, 2.24) is 5.32 Å². The molecule has 1 aromatic carbocycles. The van der Waals surface area contributed by atoms with E-state index in [0.29, 0.717) is 6.61 Å². The fraction of sp³-hybridized carbons (Fsp3) is 0.571. The van der Waals surface area contributed by atoms with Gasteiger partial charge < -0.3 is 14.8 Å². The van der Waals surface area contributed by atoms with E-state index in [1.807, 2.05) is 24.3 Å². The molecule has 0 saturated heterocycles. The van der Waals surface area contributed by atoms with Gasteiger partial charge in [0.2, 0.25) is 0 Å². The highest BCUT2D eigenvalue weighted by atomic mass is 16.5. The van der Waals surface area contributed by atoms with Crippen LogP contribution in [0.2, 0.25) is 0 Å². The molecule has 0 saturated carbocycles. The van der Waals surface area contributed by atoms with Gasteiger partial charge in [0.25, 0.3) is 0 Å². The van der Waals surface area contributed by atoms with E-state index >= 15 is 0 Å². The van der Waals surface area contributed by atoms with E-state index in [2.05, 4.69) is 19.2 Å². The van der Waals surface area contributed by atoms with Crippen molar-refractivity contribution in [2.45, 2.75) is 33.0 Å². The van der Waals surface area contributed by atoms with E-state index in [0.717, 1.165) is 25.3 Å². The van der Waals surface area contributed by atoms with Gasteiger partial charge in [0.15, 0.2) is 0 Å². The first kappa shape index (κ1) is 14.0. The van der Waals surface area contributed by atoms with E-state index in [9.17, 15) is 0 Å². The lowest BCUT2D eigenvalue weighted by Gasteiger charge is -2.13. The summed E-state index contributed by atoms with van der Waals surface area (Å²) in [5.41, 5.74) is 1.18. The Morgan fingerprint density at radius 3 is 2.53 bits per heavy atom. The Balaban J connectivity index is 2.24. The lowest BCUT2D eigenvalue weighted by atomic mass is 10.2. The molecule has 1 unspecified atom stereocenters. The fourth-order valence-corrected chi connectivity index (χ4v) is 1.53. The number of benzene rings is 1. The number of hydrogen-bond acceptors (Lipinski definition) is 3. The summed E-state index contributed by atoms with van der Waals surface area (Å²) in [4.78, 5) is 0. The molecule has 3 heteroatoms. The second-order valence-corrected chi connectivity index (χ2v) is 4.11. The van der Waals surface area contributed by atoms with Crippen LogP contribution in [0.15, 0.2) is 24.3 Å². The average Bonchev–Trinajstić information content (AvgIpc) is 2.37. The molecule has 0 fully saturated rings. The van der Waals surface area contributed by atoms with Crippen LogP contribution in [0.3, 0.4) is 0 Å². The van der Waals surface area contributed by atoms with Crippen LogP contribution in [0.1, 0.15) is 25.8 Å². The van der Waals surface area contributed by atoms with Crippen molar-refractivity contribution in [1.29, 1.82) is 0 Å². The minimum absolute atomic E-state index is 0.288. The van der Waals surface area contributed by atoms with Gasteiger partial charge in [-0.1, -0.05) is 19.1 Å². The third-order valence-electron chi connectivity index (χ3n) is 2.67. The van der Waals surface area contributed by atoms with Crippen LogP contribution in [-0.4, -0.2) is 26.3 Å². The molecule has 0 aliphatic carbocycles. The SMILES string of the molecule is CCNCCC(C)OCc1ccc(OC)cc1. The third kappa shape index (κ3) is 5.71. The Hall–Kier alpha value is -1.06. The number of ether oxygens (including phenoxy) is 2. The highest BCUT2D eigenvalue weighted by molar-refractivity contribution is 5.26. The summed E-state index contributed by atoms with van der Waals surface area (Å²) in [6, 6.07) is 8.00. The summed E-state index contributed by atoms with van der Waals surface area (Å²) in [5, 5.41) is 3.30. The lowest BCUT2D eigenvalue weighted by molar-refractivity contribution is 0.0479. The van der Waals surface area contributed by atoms with Crippen LogP contribution >= 0.6 is 0 Å². The number of hydrogen-bond donors (Lipinski definition) is 1. The summed E-state index contributed by atoms with van der Waals surface area (Å²) in [6.45, 7) is 6.92. The molecule has 0 spiro atoms. The van der Waals surface area contributed by atoms with Gasteiger partial charge in [-0.05, 0) is 44.1 Å². The molecular formula is C14H23NO2. The van der Waals surface area contributed by atoms with Crippen molar-refractivity contribution < 1.29 is 9.47 Å². The third-order valence-corrected chi connectivity index (χ3v) is 2.67. The zero-order valence-corrected chi connectivity index (χ0v) is 11.0. The van der Waals surface area contributed by atoms with E-state index in [-0.39, 0.29) is 6.10 Å². The first-order valence-electron chi connectivity index (χ1n) is 6.21. The predicted molar refractivity (Wildman–Crippen MR) is 70.4 cm³/mol. The van der Waals surface area contributed by atoms with Gasteiger partial charge in [0.05, 0.1) is 19.8 Å². The van der Waals surface area contributed by atoms with Crippen LogP contribution in [0.5, 0.6) is 5.75 Å². The quantitative estimate of drug-likeness (QED) is 0.705. The zero-order valence-electron chi connectivity index (χ0n) is 11.0. The highest BCUT2D eigenvalue weighted by Crippen LogP contribution is 2.12. The van der Waals surface area contributed by atoms with Gasteiger partial charge in [-0.3, -0.25) is 0 Å². The van der Waals surface area contributed by atoms with E-state index in [4.69, 9.17) is 9.47 Å². The second-order valence-electron chi connectivity index (χ2n) is 4.11. The van der Waals surface area contributed by atoms with Gasteiger partial charge >= 0.3 is 0 Å². The van der Waals surface area contributed by atoms with E-state index in [1.165, 1.54) is 5.56 Å². The molecule has 0 amide bonds. The zero-order chi connectivity index (χ0) is 12.5. The topological polar surface area (TPSA) is 30.5 Å². The Bertz CT molecular complexity index is 298. The molecule has 0 bridgehead atoms. The maximum absolute atomic E-state index is 5.77. The van der Waals surface area contributed by atoms with Crippen LogP contribution < -0.4 is 10.1 Å². The smallest absolute Gasteiger partial charge is 0.118 e. The minimum Gasteiger partial charge on any atom is -0.497 e. The summed E-state index contributed by atoms with van der Waals surface area (Å²) < 4.78 is 10.9. The lowest BCUT2D eigenvalue weighted by Crippen LogP contribution is -2.20. The normalized spacial score (nSPS) is 12.4. The summed E-state index contributed by atoms with van der Waals surface area (Å²) in [7, 11) is 1.67. The average molecular weight is 237 g/mol. The largest absolute Gasteiger partial charge is 0.497 e. The van der Waals surface area contributed by atoms with Crippen molar-refractivity contribution >= 4 is 0 Å². The Morgan fingerprint density at radius 1 is 1.24 bits per heavy atom. The van der Waals surface area contributed by atoms with E-state index in [1.54, 1.807) is 7.11 Å². The van der Waals surface area contributed by atoms with Gasteiger partial charge in [0, 0.05) is 0 Å². The molecular weight excluding hydrogens is 214 g/mol. The molecule has 17 heavy (non-hydrogen) atoms. The van der Waals surface area contributed by atoms with Gasteiger partial charge in [-0.15, -0.1) is 0 Å². The molecule has 1 N–H and O–H groups in total. The maximum Gasteiger partial charge on any atom is 0.118 e. The first-order valence-corrected chi connectivity index (χ1v) is 6.21. The number of nitrogens with one attached hydrogen (secondary N) is 1. The minimum atomic E-state index is 0.288. The van der Waals surface area contributed by atoms with Crippen LogP contribution in [-0.2, 0) is 11.3 Å². The number of methoxy groups -OCH3 is 1. The molecule has 1 atom stereocenters. The van der Waals surface area contributed by atoms with Crippen molar-refractivity contribution in [2.75, 3.05) is 20.2 Å². The maximum atomic E-state index is 5.77. The van der Waals surface area contributed by atoms with Crippen molar-refractivity contribution in [2.24, 2.45) is 0 Å². The molecule has 1 rings (SSSR count). The van der Waals surface area contributed by atoms with Gasteiger partial charge in [0.1, 0.15) is 5.75 Å². The second kappa shape index (κ2) is 8.09. The predicted octanol–water partition coefficient (Wildman–Crippen LogP) is 2.60. The van der Waals surface area contributed by atoms with Crippen molar-refractivity contribution in [3.05, 3.63) is 29.8 Å². The molecule has 0 aliphatic rings. The Kier molecular flexibility index (Phi) is 6.67. The number of rotatable bonds is 8. The highest BCUT2D eigenvalue weighted by Gasteiger charge is 2.02. The molecule has 0 aromatic heterocycles. The fourth-order valence-electron chi connectivity index (χ4n) is 1.53. The monoisotopic (exact) mass is 237 g/mol. The van der Waals surface area contributed by atoms with Crippen LogP contribution in [0.4, 0.5) is 0 Å². The van der Waals surface area contributed by atoms with Crippen LogP contribution in [0, 0.1) is 0 Å². The first-order chi connectivity index (χ1) is 8.26. The molecule has 0 radical (unpaired) electrons. The van der Waals surface area contributed by atoms with Crippen molar-refractivity contribution in [3.8, 4) is 5.75 Å². The van der Waals surface area contributed by atoms with Gasteiger partial charge in [-0.25, -0.2) is 0 Å². The summed E-state index contributed by atoms with van der Waals surface area (Å²) >= 11 is 0. The molecule has 1 aromatic rings. The summed E-state index contributed by atoms with van der Waals surface area (Å²) in [5.74, 6) is 0.883. The Labute approximate surface area is 104 Å². The van der Waals surface area contributed by atoms with E-state index < -0.39 is 0 Å².